The highest BCUT2D eigenvalue weighted by Crippen LogP contribution is 2.21. The van der Waals surface area contributed by atoms with Crippen LogP contribution in [0.25, 0.3) is 11.4 Å². The molecule has 1 aliphatic carbocycles. The van der Waals surface area contributed by atoms with Crippen LogP contribution in [0.3, 0.4) is 0 Å². The number of anilines is 1. The Balaban J connectivity index is 1.40. The van der Waals surface area contributed by atoms with Gasteiger partial charge in [-0.05, 0) is 61.2 Å². The molecule has 3 aromatic rings. The molecule has 0 unspecified atom stereocenters. The van der Waals surface area contributed by atoms with Crippen LogP contribution < -0.4 is 10.6 Å². The van der Waals surface area contributed by atoms with Crippen molar-refractivity contribution in [2.75, 3.05) is 5.32 Å². The summed E-state index contributed by atoms with van der Waals surface area (Å²) in [5.41, 5.74) is 5.29. The number of rotatable bonds is 6. The molecule has 0 spiro atoms. The Labute approximate surface area is 182 Å². The second kappa shape index (κ2) is 9.71. The van der Waals surface area contributed by atoms with Gasteiger partial charge in [0, 0.05) is 30.2 Å². The van der Waals surface area contributed by atoms with Crippen molar-refractivity contribution in [2.45, 2.75) is 51.3 Å². The van der Waals surface area contributed by atoms with Gasteiger partial charge in [0.15, 0.2) is 0 Å². The Hall–Kier alpha value is -3.25. The van der Waals surface area contributed by atoms with E-state index in [-0.39, 0.29) is 11.9 Å². The van der Waals surface area contributed by atoms with E-state index in [1.807, 2.05) is 61.7 Å². The van der Waals surface area contributed by atoms with Crippen molar-refractivity contribution in [2.24, 2.45) is 0 Å². The zero-order valence-corrected chi connectivity index (χ0v) is 17.7. The second-order valence-electron chi connectivity index (χ2n) is 8.08. The minimum absolute atomic E-state index is 0.143. The lowest BCUT2D eigenvalue weighted by Gasteiger charge is -2.28. The first-order valence-electron chi connectivity index (χ1n) is 10.8. The Morgan fingerprint density at radius 2 is 1.90 bits per heavy atom. The number of amides is 1. The first-order chi connectivity index (χ1) is 15.1. The fourth-order valence-corrected chi connectivity index (χ4v) is 3.88. The number of hydrogen-bond acceptors (Lipinski definition) is 5. The summed E-state index contributed by atoms with van der Waals surface area (Å²) < 4.78 is 0. The molecule has 1 aromatic carbocycles. The summed E-state index contributed by atoms with van der Waals surface area (Å²) in [6.45, 7) is 2.61. The standard InChI is InChI=1S/C25H28N4O2/c1-17-9-11-19(25(31)29-22-7-2-3-8-24(22)30)14-23(17)28-16-18-10-12-21(27-15-18)20-6-4-5-13-26-20/h4-6,9-15,22,24,28,30H,2-3,7-8,16H2,1H3,(H,29,31)/t22-,24-/m0/s1. The van der Waals surface area contributed by atoms with Crippen molar-refractivity contribution in [1.29, 1.82) is 0 Å². The number of nitrogens with one attached hydrogen (secondary N) is 2. The molecule has 0 saturated heterocycles. The van der Waals surface area contributed by atoms with Gasteiger partial charge in [0.25, 0.3) is 5.91 Å². The summed E-state index contributed by atoms with van der Waals surface area (Å²) in [6.07, 6.45) is 6.77. The molecule has 31 heavy (non-hydrogen) atoms. The summed E-state index contributed by atoms with van der Waals surface area (Å²) in [5.74, 6) is -0.143. The number of aliphatic hydroxyl groups is 1. The van der Waals surface area contributed by atoms with Crippen molar-refractivity contribution < 1.29 is 9.90 Å². The predicted octanol–water partition coefficient (Wildman–Crippen LogP) is 4.10. The number of carbonyl (C=O) groups is 1. The van der Waals surface area contributed by atoms with Gasteiger partial charge in [0.1, 0.15) is 0 Å². The lowest BCUT2D eigenvalue weighted by atomic mass is 9.92. The lowest BCUT2D eigenvalue weighted by Crippen LogP contribution is -2.45. The van der Waals surface area contributed by atoms with Crippen LogP contribution in [0.1, 0.15) is 47.2 Å². The maximum absolute atomic E-state index is 12.7. The minimum Gasteiger partial charge on any atom is -0.391 e. The van der Waals surface area contributed by atoms with Crippen molar-refractivity contribution in [3.63, 3.8) is 0 Å². The molecule has 1 fully saturated rings. The Morgan fingerprint density at radius 1 is 1.06 bits per heavy atom. The molecule has 0 radical (unpaired) electrons. The minimum atomic E-state index is -0.456. The number of benzene rings is 1. The second-order valence-corrected chi connectivity index (χ2v) is 8.08. The van der Waals surface area contributed by atoms with Gasteiger partial charge in [-0.1, -0.05) is 31.0 Å². The molecule has 0 bridgehead atoms. The van der Waals surface area contributed by atoms with E-state index >= 15 is 0 Å². The van der Waals surface area contributed by atoms with Crippen molar-refractivity contribution in [1.82, 2.24) is 15.3 Å². The maximum atomic E-state index is 12.7. The quantitative estimate of drug-likeness (QED) is 0.563. The summed E-state index contributed by atoms with van der Waals surface area (Å²) in [5, 5.41) is 16.5. The Kier molecular flexibility index (Phi) is 6.57. The average Bonchev–Trinajstić information content (AvgIpc) is 2.81. The zero-order valence-electron chi connectivity index (χ0n) is 17.7. The number of carbonyl (C=O) groups excluding carboxylic acids is 1. The van der Waals surface area contributed by atoms with Gasteiger partial charge in [-0.15, -0.1) is 0 Å². The van der Waals surface area contributed by atoms with Crippen LogP contribution in [0, 0.1) is 6.92 Å². The van der Waals surface area contributed by atoms with Crippen LogP contribution in [-0.2, 0) is 6.54 Å². The van der Waals surface area contributed by atoms with E-state index in [2.05, 4.69) is 20.6 Å². The third kappa shape index (κ3) is 5.27. The lowest BCUT2D eigenvalue weighted by molar-refractivity contribution is 0.0717. The highest BCUT2D eigenvalue weighted by Gasteiger charge is 2.25. The zero-order chi connectivity index (χ0) is 21.6. The largest absolute Gasteiger partial charge is 0.391 e. The van der Waals surface area contributed by atoms with E-state index in [9.17, 15) is 9.90 Å². The van der Waals surface area contributed by atoms with Crippen molar-refractivity contribution >= 4 is 11.6 Å². The first kappa shape index (κ1) is 21.0. The molecule has 1 aliphatic rings. The predicted molar refractivity (Wildman–Crippen MR) is 122 cm³/mol. The van der Waals surface area contributed by atoms with E-state index in [4.69, 9.17) is 0 Å². The fraction of sp³-hybridized carbons (Fsp3) is 0.320. The molecule has 2 atom stereocenters. The van der Waals surface area contributed by atoms with Gasteiger partial charge in [0.05, 0.1) is 23.5 Å². The van der Waals surface area contributed by atoms with Crippen LogP contribution >= 0.6 is 0 Å². The SMILES string of the molecule is Cc1ccc(C(=O)N[C@H]2CCCC[C@@H]2O)cc1NCc1ccc(-c2ccccn2)nc1. The number of nitrogens with zero attached hydrogens (tertiary/aromatic N) is 2. The van der Waals surface area contributed by atoms with Gasteiger partial charge >= 0.3 is 0 Å². The van der Waals surface area contributed by atoms with E-state index < -0.39 is 6.10 Å². The number of aromatic nitrogens is 2. The highest BCUT2D eigenvalue weighted by atomic mass is 16.3. The topological polar surface area (TPSA) is 87.1 Å². The molecular weight excluding hydrogens is 388 g/mol. The fourth-order valence-electron chi connectivity index (χ4n) is 3.88. The molecule has 4 rings (SSSR count). The highest BCUT2D eigenvalue weighted by molar-refractivity contribution is 5.95. The molecule has 1 saturated carbocycles. The molecule has 2 aromatic heterocycles. The number of aryl methyl sites for hydroxylation is 1. The molecule has 6 heteroatoms. The normalized spacial score (nSPS) is 18.4. The summed E-state index contributed by atoms with van der Waals surface area (Å²) in [6, 6.07) is 15.2. The third-order valence-electron chi connectivity index (χ3n) is 5.78. The van der Waals surface area contributed by atoms with Gasteiger partial charge in [-0.25, -0.2) is 0 Å². The molecule has 2 heterocycles. The van der Waals surface area contributed by atoms with Gasteiger partial charge < -0.3 is 15.7 Å². The number of hydrogen-bond donors (Lipinski definition) is 3. The third-order valence-corrected chi connectivity index (χ3v) is 5.78. The van der Waals surface area contributed by atoms with Gasteiger partial charge in [-0.3, -0.25) is 14.8 Å². The van der Waals surface area contributed by atoms with Crippen LogP contribution in [0.15, 0.2) is 60.9 Å². The summed E-state index contributed by atoms with van der Waals surface area (Å²) in [7, 11) is 0. The van der Waals surface area contributed by atoms with E-state index in [0.717, 1.165) is 53.9 Å². The van der Waals surface area contributed by atoms with E-state index in [1.165, 1.54) is 0 Å². The number of aliphatic hydroxyl groups excluding tert-OH is 1. The first-order valence-corrected chi connectivity index (χ1v) is 10.8. The van der Waals surface area contributed by atoms with Crippen LogP contribution in [-0.4, -0.2) is 33.1 Å². The Morgan fingerprint density at radius 3 is 2.65 bits per heavy atom. The number of pyridine rings is 2. The van der Waals surface area contributed by atoms with E-state index in [1.54, 1.807) is 6.20 Å². The Bertz CT molecular complexity index is 1020. The molecular formula is C25H28N4O2. The van der Waals surface area contributed by atoms with Gasteiger partial charge in [0.2, 0.25) is 0 Å². The molecule has 6 nitrogen and oxygen atoms in total. The molecule has 160 valence electrons. The summed E-state index contributed by atoms with van der Waals surface area (Å²) in [4.78, 5) is 21.5. The monoisotopic (exact) mass is 416 g/mol. The average molecular weight is 417 g/mol. The smallest absolute Gasteiger partial charge is 0.251 e. The summed E-state index contributed by atoms with van der Waals surface area (Å²) >= 11 is 0. The van der Waals surface area contributed by atoms with Crippen LogP contribution in [0.5, 0.6) is 0 Å². The van der Waals surface area contributed by atoms with Crippen molar-refractivity contribution in [3.05, 3.63) is 77.6 Å². The van der Waals surface area contributed by atoms with Gasteiger partial charge in [-0.2, -0.15) is 0 Å². The molecule has 3 N–H and O–H groups in total. The molecule has 1 amide bonds. The van der Waals surface area contributed by atoms with Crippen LogP contribution in [0.4, 0.5) is 5.69 Å². The van der Waals surface area contributed by atoms with Crippen LogP contribution in [0.2, 0.25) is 0 Å². The maximum Gasteiger partial charge on any atom is 0.251 e. The molecule has 0 aliphatic heterocycles. The van der Waals surface area contributed by atoms with E-state index in [0.29, 0.717) is 12.1 Å². The van der Waals surface area contributed by atoms with Crippen molar-refractivity contribution in [3.8, 4) is 11.4 Å².